The summed E-state index contributed by atoms with van der Waals surface area (Å²) in [7, 11) is 0. The molecule has 0 bridgehead atoms. The Morgan fingerprint density at radius 3 is 2.55 bits per heavy atom. The summed E-state index contributed by atoms with van der Waals surface area (Å²) in [4.78, 5) is 0. The number of hydrogen-bond donors (Lipinski definition) is 1. The normalized spacial score (nSPS) is 31.1. The van der Waals surface area contributed by atoms with Crippen molar-refractivity contribution in [3.8, 4) is 0 Å². The van der Waals surface area contributed by atoms with Crippen molar-refractivity contribution >= 4 is 0 Å². The predicted octanol–water partition coefficient (Wildman–Crippen LogP) is 3.87. The monoisotopic (exact) mass is 273 g/mol. The molecule has 1 N–H and O–H groups in total. The maximum atomic E-state index is 5.85. The van der Waals surface area contributed by atoms with Crippen LogP contribution >= 0.6 is 0 Å². The van der Waals surface area contributed by atoms with E-state index in [0.29, 0.717) is 18.1 Å². The third-order valence-corrected chi connectivity index (χ3v) is 4.88. The second-order valence-electron chi connectivity index (χ2n) is 6.30. The minimum atomic E-state index is 0.446. The van der Waals surface area contributed by atoms with Crippen molar-refractivity contribution in [3.05, 3.63) is 35.9 Å². The van der Waals surface area contributed by atoms with E-state index >= 15 is 0 Å². The van der Waals surface area contributed by atoms with E-state index in [9.17, 15) is 0 Å². The minimum Gasteiger partial charge on any atom is -0.377 e. The average molecular weight is 273 g/mol. The predicted molar refractivity (Wildman–Crippen MR) is 83.0 cm³/mol. The molecule has 0 radical (unpaired) electrons. The molecule has 2 nitrogen and oxygen atoms in total. The molecule has 1 aliphatic heterocycles. The summed E-state index contributed by atoms with van der Waals surface area (Å²) in [6.07, 6.45) is 9.63. The van der Waals surface area contributed by atoms with Crippen LogP contribution in [0.3, 0.4) is 0 Å². The van der Waals surface area contributed by atoms with Crippen LogP contribution in [0.25, 0.3) is 0 Å². The van der Waals surface area contributed by atoms with Crippen LogP contribution in [-0.4, -0.2) is 25.3 Å². The SMILES string of the molecule is c1ccc(C2CCCCC2NCC2CCCCO2)cc1. The second-order valence-corrected chi connectivity index (χ2v) is 6.30. The molecule has 0 spiro atoms. The van der Waals surface area contributed by atoms with Gasteiger partial charge < -0.3 is 10.1 Å². The molecule has 20 heavy (non-hydrogen) atoms. The summed E-state index contributed by atoms with van der Waals surface area (Å²) in [6, 6.07) is 11.7. The van der Waals surface area contributed by atoms with Gasteiger partial charge in [0.15, 0.2) is 0 Å². The largest absolute Gasteiger partial charge is 0.377 e. The first kappa shape index (κ1) is 14.1. The zero-order chi connectivity index (χ0) is 13.6. The number of rotatable bonds is 4. The van der Waals surface area contributed by atoms with Gasteiger partial charge in [-0.1, -0.05) is 43.2 Å². The number of hydrogen-bond acceptors (Lipinski definition) is 2. The first-order valence-corrected chi connectivity index (χ1v) is 8.33. The molecule has 110 valence electrons. The number of benzene rings is 1. The summed E-state index contributed by atoms with van der Waals surface area (Å²) in [5.74, 6) is 0.688. The van der Waals surface area contributed by atoms with Crippen LogP contribution in [0.4, 0.5) is 0 Å². The Balaban J connectivity index is 1.57. The Bertz CT molecular complexity index is 386. The smallest absolute Gasteiger partial charge is 0.0699 e. The molecule has 1 saturated heterocycles. The minimum absolute atomic E-state index is 0.446. The quantitative estimate of drug-likeness (QED) is 0.899. The highest BCUT2D eigenvalue weighted by Gasteiger charge is 2.27. The number of nitrogens with one attached hydrogen (secondary N) is 1. The molecule has 3 atom stereocenters. The molecule has 1 aromatic carbocycles. The zero-order valence-electron chi connectivity index (χ0n) is 12.4. The van der Waals surface area contributed by atoms with Crippen molar-refractivity contribution in [1.29, 1.82) is 0 Å². The van der Waals surface area contributed by atoms with Gasteiger partial charge in [-0.25, -0.2) is 0 Å². The molecule has 2 heteroatoms. The molecule has 0 aromatic heterocycles. The van der Waals surface area contributed by atoms with Crippen molar-refractivity contribution in [2.45, 2.75) is 63.0 Å². The summed E-state index contributed by atoms with van der Waals surface area (Å²) in [5.41, 5.74) is 1.51. The maximum absolute atomic E-state index is 5.85. The van der Waals surface area contributed by atoms with Gasteiger partial charge in [-0.2, -0.15) is 0 Å². The van der Waals surface area contributed by atoms with Gasteiger partial charge in [-0.15, -0.1) is 0 Å². The molecular weight excluding hydrogens is 246 g/mol. The third-order valence-electron chi connectivity index (χ3n) is 4.88. The highest BCUT2D eigenvalue weighted by atomic mass is 16.5. The molecule has 2 fully saturated rings. The number of ether oxygens (including phenoxy) is 1. The highest BCUT2D eigenvalue weighted by molar-refractivity contribution is 5.22. The van der Waals surface area contributed by atoms with Gasteiger partial charge in [0, 0.05) is 19.2 Å². The van der Waals surface area contributed by atoms with Gasteiger partial charge in [-0.05, 0) is 43.6 Å². The lowest BCUT2D eigenvalue weighted by molar-refractivity contribution is 0.0142. The van der Waals surface area contributed by atoms with E-state index in [0.717, 1.165) is 13.2 Å². The van der Waals surface area contributed by atoms with Crippen LogP contribution in [0.1, 0.15) is 56.4 Å². The van der Waals surface area contributed by atoms with Crippen molar-refractivity contribution < 1.29 is 4.74 Å². The van der Waals surface area contributed by atoms with E-state index in [2.05, 4.69) is 35.6 Å². The fourth-order valence-electron chi connectivity index (χ4n) is 3.73. The highest BCUT2D eigenvalue weighted by Crippen LogP contribution is 2.33. The van der Waals surface area contributed by atoms with Gasteiger partial charge in [0.1, 0.15) is 0 Å². The molecule has 1 aliphatic carbocycles. The van der Waals surface area contributed by atoms with Crippen LogP contribution in [-0.2, 0) is 4.74 Å². The Labute approximate surface area is 122 Å². The summed E-state index contributed by atoms with van der Waals surface area (Å²) >= 11 is 0. The zero-order valence-corrected chi connectivity index (χ0v) is 12.4. The third kappa shape index (κ3) is 3.62. The molecule has 3 unspecified atom stereocenters. The van der Waals surface area contributed by atoms with E-state index in [-0.39, 0.29) is 0 Å². The summed E-state index contributed by atoms with van der Waals surface area (Å²) < 4.78 is 5.85. The van der Waals surface area contributed by atoms with Crippen LogP contribution < -0.4 is 5.32 Å². The van der Waals surface area contributed by atoms with Crippen molar-refractivity contribution in [1.82, 2.24) is 5.32 Å². The van der Waals surface area contributed by atoms with Crippen molar-refractivity contribution in [2.75, 3.05) is 13.2 Å². The molecular formula is C18H27NO. The van der Waals surface area contributed by atoms with Gasteiger partial charge in [0.05, 0.1) is 6.10 Å². The first-order valence-electron chi connectivity index (χ1n) is 8.33. The van der Waals surface area contributed by atoms with Crippen molar-refractivity contribution in [3.63, 3.8) is 0 Å². The van der Waals surface area contributed by atoms with E-state index in [1.54, 1.807) is 0 Å². The Hall–Kier alpha value is -0.860. The maximum Gasteiger partial charge on any atom is 0.0699 e. The fraction of sp³-hybridized carbons (Fsp3) is 0.667. The molecule has 3 rings (SSSR count). The topological polar surface area (TPSA) is 21.3 Å². The summed E-state index contributed by atoms with van der Waals surface area (Å²) in [5, 5.41) is 3.81. The Morgan fingerprint density at radius 2 is 1.75 bits per heavy atom. The van der Waals surface area contributed by atoms with Gasteiger partial charge in [0.2, 0.25) is 0 Å². The second kappa shape index (κ2) is 7.24. The van der Waals surface area contributed by atoms with Crippen LogP contribution in [0.2, 0.25) is 0 Å². The standard InChI is InChI=1S/C18H27NO/c1-2-8-15(9-3-1)17-11-4-5-12-18(17)19-14-16-10-6-7-13-20-16/h1-3,8-9,16-19H,4-7,10-14H2. The molecule has 2 aliphatic rings. The Morgan fingerprint density at radius 1 is 0.950 bits per heavy atom. The van der Waals surface area contributed by atoms with E-state index < -0.39 is 0 Å². The molecule has 1 heterocycles. The summed E-state index contributed by atoms with van der Waals surface area (Å²) in [6.45, 7) is 1.99. The van der Waals surface area contributed by atoms with E-state index in [1.165, 1.54) is 50.5 Å². The fourth-order valence-corrected chi connectivity index (χ4v) is 3.73. The van der Waals surface area contributed by atoms with Crippen molar-refractivity contribution in [2.24, 2.45) is 0 Å². The molecule has 1 aromatic rings. The Kier molecular flexibility index (Phi) is 5.10. The van der Waals surface area contributed by atoms with E-state index in [1.807, 2.05) is 0 Å². The lowest BCUT2D eigenvalue weighted by atomic mass is 9.80. The van der Waals surface area contributed by atoms with Crippen LogP contribution in [0.5, 0.6) is 0 Å². The first-order chi connectivity index (χ1) is 9.93. The van der Waals surface area contributed by atoms with Gasteiger partial charge in [0.25, 0.3) is 0 Å². The van der Waals surface area contributed by atoms with Crippen LogP contribution in [0, 0.1) is 0 Å². The van der Waals surface area contributed by atoms with Gasteiger partial charge in [-0.3, -0.25) is 0 Å². The molecule has 1 saturated carbocycles. The van der Waals surface area contributed by atoms with Gasteiger partial charge >= 0.3 is 0 Å². The average Bonchev–Trinajstić information content (AvgIpc) is 2.55. The van der Waals surface area contributed by atoms with E-state index in [4.69, 9.17) is 4.74 Å². The molecule has 0 amide bonds. The van der Waals surface area contributed by atoms with Crippen LogP contribution in [0.15, 0.2) is 30.3 Å². The lowest BCUT2D eigenvalue weighted by Gasteiger charge is -2.34. The lowest BCUT2D eigenvalue weighted by Crippen LogP contribution is -2.42.